The summed E-state index contributed by atoms with van der Waals surface area (Å²) < 4.78 is 0. The van der Waals surface area contributed by atoms with Gasteiger partial charge in [0.2, 0.25) is 5.91 Å². The summed E-state index contributed by atoms with van der Waals surface area (Å²) in [4.78, 5) is 26.5. The molecular formula is C12H20N2O3. The van der Waals surface area contributed by atoms with Crippen LogP contribution in [0.3, 0.4) is 0 Å². The Kier molecular flexibility index (Phi) is 3.54. The number of hydrogen-bond donors (Lipinski definition) is 1. The molecule has 2 rings (SSSR count). The summed E-state index contributed by atoms with van der Waals surface area (Å²) >= 11 is 0. The van der Waals surface area contributed by atoms with Crippen LogP contribution in [0.5, 0.6) is 0 Å². The number of hydrogen-bond acceptors (Lipinski definition) is 2. The Labute approximate surface area is 101 Å². The third-order valence-corrected chi connectivity index (χ3v) is 3.89. The minimum absolute atomic E-state index is 0.0372. The van der Waals surface area contributed by atoms with E-state index in [1.807, 2.05) is 11.8 Å². The second kappa shape index (κ2) is 4.94. The number of likely N-dealkylation sites (tertiary alicyclic amines) is 2. The van der Waals surface area contributed by atoms with E-state index in [1.54, 1.807) is 0 Å². The first-order valence-electron chi connectivity index (χ1n) is 6.38. The molecule has 2 heterocycles. The molecule has 1 N–H and O–H groups in total. The van der Waals surface area contributed by atoms with Gasteiger partial charge in [-0.15, -0.1) is 0 Å². The van der Waals surface area contributed by atoms with Crippen molar-refractivity contribution < 1.29 is 14.7 Å². The zero-order chi connectivity index (χ0) is 12.4. The molecule has 2 unspecified atom stereocenters. The van der Waals surface area contributed by atoms with Gasteiger partial charge in [0.05, 0.1) is 5.92 Å². The lowest BCUT2D eigenvalue weighted by Gasteiger charge is -2.36. The zero-order valence-electron chi connectivity index (χ0n) is 10.3. The lowest BCUT2D eigenvalue weighted by molar-refractivity contribution is -0.136. The molecule has 5 nitrogen and oxygen atoms in total. The molecule has 0 aromatic heterocycles. The van der Waals surface area contributed by atoms with Gasteiger partial charge in [-0.25, -0.2) is 4.79 Å². The van der Waals surface area contributed by atoms with Crippen molar-refractivity contribution in [3.63, 3.8) is 0 Å². The third-order valence-electron chi connectivity index (χ3n) is 3.89. The fourth-order valence-electron chi connectivity index (χ4n) is 2.77. The number of piperidine rings is 1. The number of rotatable bonds is 1. The van der Waals surface area contributed by atoms with E-state index in [0.717, 1.165) is 38.8 Å². The number of amides is 2. The van der Waals surface area contributed by atoms with Crippen molar-refractivity contribution in [1.29, 1.82) is 0 Å². The van der Waals surface area contributed by atoms with Gasteiger partial charge in [0.1, 0.15) is 0 Å². The number of carbonyl (C=O) groups is 2. The first-order chi connectivity index (χ1) is 8.09. The molecule has 0 bridgehead atoms. The van der Waals surface area contributed by atoms with E-state index in [1.165, 1.54) is 4.90 Å². The van der Waals surface area contributed by atoms with Crippen LogP contribution >= 0.6 is 0 Å². The summed E-state index contributed by atoms with van der Waals surface area (Å²) in [5.74, 6) is 0.0288. The first-order valence-corrected chi connectivity index (χ1v) is 6.38. The lowest BCUT2D eigenvalue weighted by atomic mass is 9.92. The van der Waals surface area contributed by atoms with Gasteiger partial charge in [-0.3, -0.25) is 4.79 Å². The van der Waals surface area contributed by atoms with Gasteiger partial charge < -0.3 is 14.9 Å². The average molecular weight is 240 g/mol. The number of nitrogens with zero attached hydrogens (tertiary/aromatic N) is 2. The van der Waals surface area contributed by atoms with Crippen LogP contribution in [0.1, 0.15) is 32.6 Å². The average Bonchev–Trinajstić information content (AvgIpc) is 2.81. The molecule has 2 aliphatic heterocycles. The maximum Gasteiger partial charge on any atom is 0.407 e. The smallest absolute Gasteiger partial charge is 0.407 e. The Balaban J connectivity index is 1.97. The van der Waals surface area contributed by atoms with Crippen LogP contribution in [-0.4, -0.2) is 52.6 Å². The summed E-state index contributed by atoms with van der Waals surface area (Å²) in [5, 5.41) is 9.07. The van der Waals surface area contributed by atoms with E-state index in [9.17, 15) is 9.59 Å². The van der Waals surface area contributed by atoms with Gasteiger partial charge in [0.15, 0.2) is 0 Å². The topological polar surface area (TPSA) is 60.9 Å². The van der Waals surface area contributed by atoms with Crippen molar-refractivity contribution in [3.8, 4) is 0 Å². The molecule has 0 saturated carbocycles. The van der Waals surface area contributed by atoms with Gasteiger partial charge >= 0.3 is 6.09 Å². The zero-order valence-corrected chi connectivity index (χ0v) is 10.3. The van der Waals surface area contributed by atoms with Gasteiger partial charge in [0.25, 0.3) is 0 Å². The molecular weight excluding hydrogens is 220 g/mol. The first kappa shape index (κ1) is 12.2. The maximum atomic E-state index is 12.2. The lowest BCUT2D eigenvalue weighted by Crippen LogP contribution is -2.49. The standard InChI is InChI=1S/C12H20N2O3/c1-9-4-5-10(8-14(9)12(16)17)11(15)13-6-2-3-7-13/h9-10H,2-8H2,1H3,(H,16,17). The van der Waals surface area contributed by atoms with Crippen molar-refractivity contribution in [1.82, 2.24) is 9.80 Å². The highest BCUT2D eigenvalue weighted by Crippen LogP contribution is 2.24. The second-order valence-corrected chi connectivity index (χ2v) is 5.09. The Hall–Kier alpha value is -1.26. The van der Waals surface area contributed by atoms with E-state index in [4.69, 9.17) is 5.11 Å². The van der Waals surface area contributed by atoms with Crippen LogP contribution in [0.25, 0.3) is 0 Å². The normalized spacial score (nSPS) is 29.5. The summed E-state index contributed by atoms with van der Waals surface area (Å²) in [6, 6.07) is 0.0372. The molecule has 5 heteroatoms. The predicted octanol–water partition coefficient (Wildman–Crippen LogP) is 1.39. The van der Waals surface area contributed by atoms with Crippen molar-refractivity contribution in [3.05, 3.63) is 0 Å². The van der Waals surface area contributed by atoms with Crippen molar-refractivity contribution in [2.24, 2.45) is 5.92 Å². The Morgan fingerprint density at radius 2 is 1.82 bits per heavy atom. The summed E-state index contributed by atoms with van der Waals surface area (Å²) in [6.45, 7) is 3.96. The summed E-state index contributed by atoms with van der Waals surface area (Å²) in [5.41, 5.74) is 0. The van der Waals surface area contributed by atoms with Crippen LogP contribution in [0.2, 0.25) is 0 Å². The summed E-state index contributed by atoms with van der Waals surface area (Å²) in [6.07, 6.45) is 2.86. The van der Waals surface area contributed by atoms with Crippen LogP contribution in [-0.2, 0) is 4.79 Å². The SMILES string of the molecule is CC1CCC(C(=O)N2CCCC2)CN1C(=O)O. The third kappa shape index (κ3) is 2.53. The van der Waals surface area contributed by atoms with Crippen molar-refractivity contribution in [2.45, 2.75) is 38.6 Å². The minimum Gasteiger partial charge on any atom is -0.465 e. The van der Waals surface area contributed by atoms with Crippen LogP contribution < -0.4 is 0 Å². The molecule has 96 valence electrons. The van der Waals surface area contributed by atoms with Gasteiger partial charge in [0, 0.05) is 25.7 Å². The maximum absolute atomic E-state index is 12.2. The Morgan fingerprint density at radius 1 is 1.18 bits per heavy atom. The van der Waals surface area contributed by atoms with Crippen LogP contribution in [0.4, 0.5) is 4.79 Å². The van der Waals surface area contributed by atoms with Crippen molar-refractivity contribution >= 4 is 12.0 Å². The van der Waals surface area contributed by atoms with E-state index in [0.29, 0.717) is 6.54 Å². The molecule has 2 atom stereocenters. The predicted molar refractivity (Wildman–Crippen MR) is 62.7 cm³/mol. The Bertz CT molecular complexity index is 313. The highest BCUT2D eigenvalue weighted by Gasteiger charge is 2.35. The second-order valence-electron chi connectivity index (χ2n) is 5.09. The molecule has 2 saturated heterocycles. The van der Waals surface area contributed by atoms with Crippen LogP contribution in [0, 0.1) is 5.92 Å². The largest absolute Gasteiger partial charge is 0.465 e. The number of carbonyl (C=O) groups excluding carboxylic acids is 1. The molecule has 17 heavy (non-hydrogen) atoms. The van der Waals surface area contributed by atoms with Crippen molar-refractivity contribution in [2.75, 3.05) is 19.6 Å². The molecule has 0 aliphatic carbocycles. The molecule has 2 fully saturated rings. The molecule has 0 aromatic carbocycles. The summed E-state index contributed by atoms with van der Waals surface area (Å²) in [7, 11) is 0. The molecule has 2 aliphatic rings. The quantitative estimate of drug-likeness (QED) is 0.753. The minimum atomic E-state index is -0.906. The van der Waals surface area contributed by atoms with Gasteiger partial charge in [-0.1, -0.05) is 0 Å². The molecule has 0 spiro atoms. The van der Waals surface area contributed by atoms with E-state index in [-0.39, 0.29) is 17.9 Å². The highest BCUT2D eigenvalue weighted by molar-refractivity contribution is 5.80. The van der Waals surface area contributed by atoms with Gasteiger partial charge in [-0.2, -0.15) is 0 Å². The molecule has 0 radical (unpaired) electrons. The highest BCUT2D eigenvalue weighted by atomic mass is 16.4. The van der Waals surface area contributed by atoms with E-state index >= 15 is 0 Å². The van der Waals surface area contributed by atoms with E-state index < -0.39 is 6.09 Å². The fourth-order valence-corrected chi connectivity index (χ4v) is 2.77. The van der Waals surface area contributed by atoms with E-state index in [2.05, 4.69) is 0 Å². The monoisotopic (exact) mass is 240 g/mol. The van der Waals surface area contributed by atoms with Gasteiger partial charge in [-0.05, 0) is 32.6 Å². The Morgan fingerprint density at radius 3 is 2.41 bits per heavy atom. The molecule has 0 aromatic rings. The molecule has 2 amide bonds. The fraction of sp³-hybridized carbons (Fsp3) is 0.833. The van der Waals surface area contributed by atoms with Crippen LogP contribution in [0.15, 0.2) is 0 Å². The number of carboxylic acid groups (broad SMARTS) is 1.